The Morgan fingerprint density at radius 1 is 1.40 bits per heavy atom. The predicted octanol–water partition coefficient (Wildman–Crippen LogP) is 1.08. The molecule has 1 saturated heterocycles. The summed E-state index contributed by atoms with van der Waals surface area (Å²) < 4.78 is 0. The van der Waals surface area contributed by atoms with Gasteiger partial charge in [-0.3, -0.25) is 0 Å². The van der Waals surface area contributed by atoms with Crippen molar-refractivity contribution in [1.29, 1.82) is 5.26 Å². The SMILES string of the molecule is C=NNN1CC(c2ccc(C#N)cc2)C1. The molecule has 15 heavy (non-hydrogen) atoms. The molecule has 1 aliphatic heterocycles. The van der Waals surface area contributed by atoms with E-state index in [1.165, 1.54) is 5.56 Å². The molecule has 1 N–H and O–H groups in total. The summed E-state index contributed by atoms with van der Waals surface area (Å²) in [7, 11) is 0. The Hall–Kier alpha value is -1.86. The molecule has 0 amide bonds. The quantitative estimate of drug-likeness (QED) is 0.586. The summed E-state index contributed by atoms with van der Waals surface area (Å²) in [6.45, 7) is 5.24. The van der Waals surface area contributed by atoms with Gasteiger partial charge in [0.05, 0.1) is 11.6 Å². The second-order valence-corrected chi connectivity index (χ2v) is 3.59. The summed E-state index contributed by atoms with van der Waals surface area (Å²) in [5.41, 5.74) is 4.78. The normalized spacial score (nSPS) is 16.5. The maximum Gasteiger partial charge on any atom is 0.0991 e. The lowest BCUT2D eigenvalue weighted by atomic mass is 9.92. The van der Waals surface area contributed by atoms with E-state index < -0.39 is 0 Å². The van der Waals surface area contributed by atoms with E-state index in [1.807, 2.05) is 29.3 Å². The molecule has 0 bridgehead atoms. The second-order valence-electron chi connectivity index (χ2n) is 3.59. The Morgan fingerprint density at radius 2 is 2.07 bits per heavy atom. The number of hydrazone groups is 1. The average molecular weight is 200 g/mol. The van der Waals surface area contributed by atoms with Gasteiger partial charge in [-0.15, -0.1) is 0 Å². The molecule has 4 heteroatoms. The highest BCUT2D eigenvalue weighted by Crippen LogP contribution is 2.25. The van der Waals surface area contributed by atoms with Crippen LogP contribution in [-0.4, -0.2) is 24.8 Å². The zero-order chi connectivity index (χ0) is 10.7. The minimum atomic E-state index is 0.534. The first-order chi connectivity index (χ1) is 7.33. The van der Waals surface area contributed by atoms with Gasteiger partial charge in [0.25, 0.3) is 0 Å². The monoisotopic (exact) mass is 200 g/mol. The van der Waals surface area contributed by atoms with Crippen molar-refractivity contribution in [3.05, 3.63) is 35.4 Å². The number of nitrogens with one attached hydrogen (secondary N) is 1. The molecule has 2 rings (SSSR count). The van der Waals surface area contributed by atoms with Crippen molar-refractivity contribution in [3.63, 3.8) is 0 Å². The standard InChI is InChI=1S/C11H12N4/c1-13-14-15-7-11(8-15)10-4-2-9(6-12)3-5-10/h2-5,11,14H,1,7-8H2. The second kappa shape index (κ2) is 4.11. The van der Waals surface area contributed by atoms with Gasteiger partial charge in [0.2, 0.25) is 0 Å². The van der Waals surface area contributed by atoms with Gasteiger partial charge < -0.3 is 0 Å². The number of rotatable bonds is 3. The van der Waals surface area contributed by atoms with Gasteiger partial charge in [-0.05, 0) is 17.7 Å². The summed E-state index contributed by atoms with van der Waals surface area (Å²) in [5, 5.41) is 14.3. The van der Waals surface area contributed by atoms with Gasteiger partial charge in [0, 0.05) is 25.7 Å². The summed E-state index contributed by atoms with van der Waals surface area (Å²) >= 11 is 0. The maximum atomic E-state index is 8.66. The molecule has 1 aromatic rings. The van der Waals surface area contributed by atoms with E-state index in [-0.39, 0.29) is 0 Å². The first kappa shape index (κ1) is 9.69. The van der Waals surface area contributed by atoms with Crippen LogP contribution >= 0.6 is 0 Å². The van der Waals surface area contributed by atoms with Gasteiger partial charge >= 0.3 is 0 Å². The minimum absolute atomic E-state index is 0.534. The average Bonchev–Trinajstić information content (AvgIpc) is 2.23. The number of hydrogen-bond donors (Lipinski definition) is 1. The summed E-state index contributed by atoms with van der Waals surface area (Å²) in [4.78, 5) is 0. The van der Waals surface area contributed by atoms with E-state index in [4.69, 9.17) is 5.26 Å². The molecule has 0 unspecified atom stereocenters. The van der Waals surface area contributed by atoms with Crippen LogP contribution in [0.1, 0.15) is 17.0 Å². The number of hydrazine groups is 1. The summed E-state index contributed by atoms with van der Waals surface area (Å²) in [6.07, 6.45) is 0. The lowest BCUT2D eigenvalue weighted by Crippen LogP contribution is -2.50. The lowest BCUT2D eigenvalue weighted by molar-refractivity contribution is 0.0851. The molecule has 0 saturated carbocycles. The van der Waals surface area contributed by atoms with Crippen LogP contribution in [0.25, 0.3) is 0 Å². The smallest absolute Gasteiger partial charge is 0.0991 e. The van der Waals surface area contributed by atoms with Crippen molar-refractivity contribution in [1.82, 2.24) is 10.5 Å². The fourth-order valence-corrected chi connectivity index (χ4v) is 1.70. The number of benzene rings is 1. The van der Waals surface area contributed by atoms with Crippen molar-refractivity contribution < 1.29 is 0 Å². The molecule has 76 valence electrons. The molecule has 0 atom stereocenters. The first-order valence-corrected chi connectivity index (χ1v) is 4.80. The Labute approximate surface area is 88.8 Å². The lowest BCUT2D eigenvalue weighted by Gasteiger charge is -2.38. The van der Waals surface area contributed by atoms with Crippen LogP contribution in [0.15, 0.2) is 29.4 Å². The van der Waals surface area contributed by atoms with Crippen LogP contribution in [0.5, 0.6) is 0 Å². The van der Waals surface area contributed by atoms with E-state index in [0.29, 0.717) is 11.5 Å². The highest BCUT2D eigenvalue weighted by molar-refractivity contribution is 5.34. The van der Waals surface area contributed by atoms with Crippen LogP contribution in [0.3, 0.4) is 0 Å². The van der Waals surface area contributed by atoms with Gasteiger partial charge in [-0.1, -0.05) is 12.1 Å². The van der Waals surface area contributed by atoms with Crippen molar-refractivity contribution in [2.45, 2.75) is 5.92 Å². The van der Waals surface area contributed by atoms with Crippen molar-refractivity contribution in [3.8, 4) is 6.07 Å². The third kappa shape index (κ3) is 1.97. The van der Waals surface area contributed by atoms with Gasteiger partial charge in [0.1, 0.15) is 0 Å². The van der Waals surface area contributed by atoms with Gasteiger partial charge in [-0.25, -0.2) is 10.5 Å². The van der Waals surface area contributed by atoms with Gasteiger partial charge in [0.15, 0.2) is 0 Å². The number of hydrogen-bond acceptors (Lipinski definition) is 4. The molecule has 1 aromatic carbocycles. The molecule has 0 spiro atoms. The summed E-state index contributed by atoms with van der Waals surface area (Å²) in [6, 6.07) is 9.86. The van der Waals surface area contributed by atoms with E-state index in [0.717, 1.165) is 13.1 Å². The molecule has 0 aliphatic carbocycles. The Bertz CT molecular complexity index is 384. The topological polar surface area (TPSA) is 51.4 Å². The molecular formula is C11H12N4. The third-order valence-corrected chi connectivity index (χ3v) is 2.60. The predicted molar refractivity (Wildman–Crippen MR) is 58.2 cm³/mol. The number of nitriles is 1. The Morgan fingerprint density at radius 3 is 2.60 bits per heavy atom. The van der Waals surface area contributed by atoms with Crippen LogP contribution in [0, 0.1) is 11.3 Å². The fourth-order valence-electron chi connectivity index (χ4n) is 1.70. The molecular weight excluding hydrogens is 188 g/mol. The van der Waals surface area contributed by atoms with Crippen LogP contribution < -0.4 is 5.53 Å². The Balaban J connectivity index is 1.96. The third-order valence-electron chi connectivity index (χ3n) is 2.60. The molecule has 0 aromatic heterocycles. The fraction of sp³-hybridized carbons (Fsp3) is 0.273. The maximum absolute atomic E-state index is 8.66. The van der Waals surface area contributed by atoms with E-state index in [2.05, 4.69) is 23.4 Å². The first-order valence-electron chi connectivity index (χ1n) is 4.80. The molecule has 1 aliphatic rings. The van der Waals surface area contributed by atoms with Crippen LogP contribution in [0.4, 0.5) is 0 Å². The van der Waals surface area contributed by atoms with Crippen LogP contribution in [-0.2, 0) is 0 Å². The minimum Gasteiger partial charge on any atom is -0.241 e. The van der Waals surface area contributed by atoms with E-state index >= 15 is 0 Å². The molecule has 1 fully saturated rings. The molecule has 0 radical (unpaired) electrons. The van der Waals surface area contributed by atoms with E-state index in [1.54, 1.807) is 0 Å². The zero-order valence-electron chi connectivity index (χ0n) is 8.35. The zero-order valence-corrected chi connectivity index (χ0v) is 8.35. The van der Waals surface area contributed by atoms with Crippen LogP contribution in [0.2, 0.25) is 0 Å². The van der Waals surface area contributed by atoms with E-state index in [9.17, 15) is 0 Å². The van der Waals surface area contributed by atoms with Crippen molar-refractivity contribution in [2.75, 3.05) is 13.1 Å². The van der Waals surface area contributed by atoms with Gasteiger partial charge in [-0.2, -0.15) is 10.4 Å². The molecule has 4 nitrogen and oxygen atoms in total. The Kier molecular flexibility index (Phi) is 2.66. The largest absolute Gasteiger partial charge is 0.241 e. The molecule has 1 heterocycles. The number of nitrogens with zero attached hydrogens (tertiary/aromatic N) is 3. The summed E-state index contributed by atoms with van der Waals surface area (Å²) in [5.74, 6) is 0.534. The highest BCUT2D eigenvalue weighted by atomic mass is 15.7. The van der Waals surface area contributed by atoms with Crippen molar-refractivity contribution >= 4 is 6.72 Å². The highest BCUT2D eigenvalue weighted by Gasteiger charge is 2.27. The van der Waals surface area contributed by atoms with Crippen molar-refractivity contribution in [2.24, 2.45) is 5.10 Å².